The maximum absolute atomic E-state index is 12.5. The average Bonchev–Trinajstić information content (AvgIpc) is 2.61. The molecule has 8 nitrogen and oxygen atoms in total. The number of aliphatic hydroxyl groups excluding tert-OH is 1. The highest BCUT2D eigenvalue weighted by atomic mass is 79.9. The average molecular weight is 475 g/mol. The van der Waals surface area contributed by atoms with Crippen LogP contribution in [0.1, 0.15) is 26.2 Å². The largest absolute Gasteiger partial charge is 0.481 e. The van der Waals surface area contributed by atoms with Gasteiger partial charge in [-0.25, -0.2) is 4.98 Å². The number of nitrogens with zero attached hydrogens (tertiary/aromatic N) is 2. The molecule has 1 fully saturated rings. The van der Waals surface area contributed by atoms with Gasteiger partial charge in [-0.2, -0.15) is 0 Å². The van der Waals surface area contributed by atoms with Gasteiger partial charge in [0.1, 0.15) is 0 Å². The highest BCUT2D eigenvalue weighted by Crippen LogP contribution is 2.25. The van der Waals surface area contributed by atoms with Crippen LogP contribution >= 0.6 is 27.5 Å². The highest BCUT2D eigenvalue weighted by Gasteiger charge is 2.25. The van der Waals surface area contributed by atoms with Gasteiger partial charge in [-0.3, -0.25) is 19.0 Å². The molecule has 152 valence electrons. The van der Waals surface area contributed by atoms with Crippen molar-refractivity contribution < 1.29 is 19.8 Å². The van der Waals surface area contributed by atoms with Crippen LogP contribution in [0.5, 0.6) is 0 Å². The summed E-state index contributed by atoms with van der Waals surface area (Å²) in [6.07, 6.45) is 2.62. The Kier molecular flexibility index (Phi) is 8.11. The van der Waals surface area contributed by atoms with Crippen molar-refractivity contribution in [2.75, 3.05) is 6.54 Å². The molecule has 3 rings (SSSR count). The lowest BCUT2D eigenvalue weighted by atomic mass is 9.97. The second-order valence-electron chi connectivity index (χ2n) is 6.49. The zero-order valence-electron chi connectivity index (χ0n) is 15.2. The van der Waals surface area contributed by atoms with Gasteiger partial charge in [0, 0.05) is 23.9 Å². The molecule has 0 aliphatic carbocycles. The van der Waals surface area contributed by atoms with E-state index in [1.165, 1.54) is 10.9 Å². The van der Waals surface area contributed by atoms with Crippen molar-refractivity contribution in [3.8, 4) is 0 Å². The molecule has 1 aliphatic rings. The number of hydrogen-bond acceptors (Lipinski definition) is 6. The van der Waals surface area contributed by atoms with E-state index in [-0.39, 0.29) is 30.3 Å². The summed E-state index contributed by atoms with van der Waals surface area (Å²) in [5.41, 5.74) is 0.212. The van der Waals surface area contributed by atoms with Crippen molar-refractivity contribution in [1.29, 1.82) is 0 Å². The molecule has 2 aromatic rings. The molecule has 10 heteroatoms. The van der Waals surface area contributed by atoms with Crippen molar-refractivity contribution in [2.24, 2.45) is 0 Å². The quantitative estimate of drug-likeness (QED) is 0.619. The number of halogens is 2. The number of piperidine rings is 1. The third-order valence-corrected chi connectivity index (χ3v) is 5.41. The van der Waals surface area contributed by atoms with Crippen LogP contribution in [-0.2, 0) is 16.1 Å². The Morgan fingerprint density at radius 2 is 2.11 bits per heavy atom. The van der Waals surface area contributed by atoms with E-state index in [4.69, 9.17) is 21.5 Å². The molecule has 0 spiro atoms. The number of aromatic nitrogens is 2. The minimum absolute atomic E-state index is 0.0691. The summed E-state index contributed by atoms with van der Waals surface area (Å²) < 4.78 is 1.94. The molecule has 1 aromatic heterocycles. The first-order valence-electron chi connectivity index (χ1n) is 8.66. The molecular weight excluding hydrogens is 454 g/mol. The Morgan fingerprint density at radius 3 is 2.75 bits per heavy atom. The van der Waals surface area contributed by atoms with Gasteiger partial charge < -0.3 is 15.5 Å². The molecule has 1 aromatic carbocycles. The summed E-state index contributed by atoms with van der Waals surface area (Å²) in [7, 11) is 0. The highest BCUT2D eigenvalue weighted by molar-refractivity contribution is 9.10. The number of Topliss-reactive ketones (excluding diaryl/α,β-unsaturated/α-hetero) is 1. The van der Waals surface area contributed by atoms with E-state index in [9.17, 15) is 14.7 Å². The number of fused-ring (bicyclic) bond motifs is 1. The molecule has 1 aliphatic heterocycles. The predicted octanol–water partition coefficient (Wildman–Crippen LogP) is 1.98. The number of carboxylic acid groups (broad SMARTS) is 1. The first-order valence-corrected chi connectivity index (χ1v) is 9.83. The van der Waals surface area contributed by atoms with Gasteiger partial charge in [0.25, 0.3) is 11.5 Å². The molecule has 0 radical (unpaired) electrons. The lowest BCUT2D eigenvalue weighted by Gasteiger charge is -2.28. The van der Waals surface area contributed by atoms with Crippen molar-refractivity contribution >= 4 is 50.2 Å². The van der Waals surface area contributed by atoms with E-state index in [2.05, 4.69) is 26.2 Å². The van der Waals surface area contributed by atoms with E-state index >= 15 is 0 Å². The molecular formula is C18H21BrClN3O5. The fourth-order valence-electron chi connectivity index (χ4n) is 2.91. The third kappa shape index (κ3) is 6.10. The Morgan fingerprint density at radius 1 is 1.43 bits per heavy atom. The fraction of sp³-hybridized carbons (Fsp3) is 0.444. The minimum Gasteiger partial charge on any atom is -0.481 e. The lowest BCUT2D eigenvalue weighted by Crippen LogP contribution is -2.46. The van der Waals surface area contributed by atoms with Gasteiger partial charge in [-0.15, -0.1) is 0 Å². The van der Waals surface area contributed by atoms with Crippen LogP contribution in [0.3, 0.4) is 0 Å². The number of rotatable bonds is 4. The summed E-state index contributed by atoms with van der Waals surface area (Å²) >= 11 is 9.33. The van der Waals surface area contributed by atoms with Crippen LogP contribution in [0.15, 0.2) is 27.7 Å². The van der Waals surface area contributed by atoms with Gasteiger partial charge >= 0.3 is 0 Å². The Balaban J connectivity index is 0.000000640. The van der Waals surface area contributed by atoms with E-state index in [1.54, 1.807) is 12.1 Å². The molecule has 28 heavy (non-hydrogen) atoms. The van der Waals surface area contributed by atoms with Crippen molar-refractivity contribution in [3.05, 3.63) is 38.3 Å². The van der Waals surface area contributed by atoms with E-state index in [1.807, 2.05) is 0 Å². The number of carbonyl (C=O) groups is 2. The molecule has 3 N–H and O–H groups in total. The van der Waals surface area contributed by atoms with Gasteiger partial charge in [0.2, 0.25) is 0 Å². The van der Waals surface area contributed by atoms with E-state index in [0.29, 0.717) is 26.8 Å². The minimum atomic E-state index is -0.833. The smallest absolute Gasteiger partial charge is 0.300 e. The summed E-state index contributed by atoms with van der Waals surface area (Å²) in [6.45, 7) is 1.81. The molecule has 0 amide bonds. The third-order valence-electron chi connectivity index (χ3n) is 4.21. The van der Waals surface area contributed by atoms with Gasteiger partial charge in [-0.05, 0) is 47.4 Å². The molecule has 0 bridgehead atoms. The SMILES string of the molecule is CC(=O)O.O=C(C[C@H]1NCCC[C@@H]1O)Cn1cnc2cc(Br)c(Cl)cc2c1=O. The summed E-state index contributed by atoms with van der Waals surface area (Å²) in [4.78, 5) is 38.0. The molecule has 1 saturated heterocycles. The van der Waals surface area contributed by atoms with Gasteiger partial charge in [0.05, 0.1) is 34.9 Å². The predicted molar refractivity (Wildman–Crippen MR) is 109 cm³/mol. The summed E-state index contributed by atoms with van der Waals surface area (Å²) in [5.74, 6) is -0.958. The van der Waals surface area contributed by atoms with Crippen LogP contribution < -0.4 is 10.9 Å². The van der Waals surface area contributed by atoms with Crippen LogP contribution in [0.4, 0.5) is 0 Å². The van der Waals surface area contributed by atoms with Crippen LogP contribution in [-0.4, -0.2) is 50.2 Å². The number of benzene rings is 1. The Labute approximate surface area is 174 Å². The number of aliphatic hydroxyl groups is 1. The fourth-order valence-corrected chi connectivity index (χ4v) is 3.40. The van der Waals surface area contributed by atoms with Crippen LogP contribution in [0.25, 0.3) is 10.9 Å². The second kappa shape index (κ2) is 10.1. The van der Waals surface area contributed by atoms with E-state index in [0.717, 1.165) is 19.9 Å². The summed E-state index contributed by atoms with van der Waals surface area (Å²) in [5, 5.41) is 21.3. The topological polar surface area (TPSA) is 122 Å². The first kappa shape index (κ1) is 22.5. The van der Waals surface area contributed by atoms with E-state index < -0.39 is 12.1 Å². The Bertz CT molecular complexity index is 929. The molecule has 0 saturated carbocycles. The number of nitrogens with one attached hydrogen (secondary N) is 1. The molecule has 2 atom stereocenters. The number of ketones is 1. The first-order chi connectivity index (χ1) is 13.2. The van der Waals surface area contributed by atoms with Crippen molar-refractivity contribution in [1.82, 2.24) is 14.9 Å². The normalized spacial score (nSPS) is 19.0. The molecule has 2 heterocycles. The molecule has 0 unspecified atom stereocenters. The van der Waals surface area contributed by atoms with Crippen molar-refractivity contribution in [2.45, 2.75) is 44.9 Å². The summed E-state index contributed by atoms with van der Waals surface area (Å²) in [6, 6.07) is 2.97. The number of aliphatic carboxylic acids is 1. The van der Waals surface area contributed by atoms with Crippen LogP contribution in [0, 0.1) is 0 Å². The van der Waals surface area contributed by atoms with Crippen LogP contribution in [0.2, 0.25) is 5.02 Å². The zero-order valence-corrected chi connectivity index (χ0v) is 17.5. The second-order valence-corrected chi connectivity index (χ2v) is 7.75. The number of hydrogen-bond donors (Lipinski definition) is 3. The zero-order chi connectivity index (χ0) is 20.8. The maximum atomic E-state index is 12.5. The standard InChI is InChI=1S/C16H17BrClN3O3.C2H4O2/c17-11-6-13-10(5-12(11)18)16(24)21(8-20-13)7-9(22)4-14-15(23)2-1-3-19-14;1-2(3)4/h5-6,8,14-15,19,23H,1-4,7H2;1H3,(H,3,4)/t14-,15+;/m1./s1. The van der Waals surface area contributed by atoms with Gasteiger partial charge in [-0.1, -0.05) is 11.6 Å². The Hall–Kier alpha value is -1.81. The number of carboxylic acids is 1. The number of carbonyl (C=O) groups excluding carboxylic acids is 1. The monoisotopic (exact) mass is 473 g/mol. The van der Waals surface area contributed by atoms with Gasteiger partial charge in [0.15, 0.2) is 5.78 Å². The lowest BCUT2D eigenvalue weighted by molar-refractivity contribution is -0.134. The maximum Gasteiger partial charge on any atom is 0.300 e. The van der Waals surface area contributed by atoms with Crippen molar-refractivity contribution in [3.63, 3.8) is 0 Å².